The number of Topliss-reactive ketones (excluding diaryl/α,β-unsaturated/α-hetero) is 1. The standard InChI is InChI=1S/C26H24N4O3/c1-28(2)20-14-12-17(13-15-20)22-24(30(32)33)23-21-11-7-6-10-19(21)16-27-29(23)25(22)26(31)18-8-4-3-5-9-18/h3-16,22-25H,1-2H3/t22-,23+,24-,25+/m1/s1. The number of rotatable bonds is 5. The average Bonchev–Trinajstić information content (AvgIpc) is 3.20. The third-order valence-corrected chi connectivity index (χ3v) is 6.61. The van der Waals surface area contributed by atoms with Crippen molar-refractivity contribution in [2.75, 3.05) is 19.0 Å². The highest BCUT2D eigenvalue weighted by Gasteiger charge is 2.60. The van der Waals surface area contributed by atoms with E-state index < -0.39 is 24.0 Å². The van der Waals surface area contributed by atoms with Gasteiger partial charge in [-0.05, 0) is 23.3 Å². The Hall–Kier alpha value is -4.00. The number of benzene rings is 3. The fourth-order valence-electron chi connectivity index (χ4n) is 5.05. The molecule has 2 aliphatic rings. The van der Waals surface area contributed by atoms with E-state index in [2.05, 4.69) is 5.10 Å². The Morgan fingerprint density at radius 3 is 2.30 bits per heavy atom. The molecule has 0 N–H and O–H groups in total. The van der Waals surface area contributed by atoms with E-state index in [4.69, 9.17) is 0 Å². The summed E-state index contributed by atoms with van der Waals surface area (Å²) in [4.78, 5) is 28.1. The molecule has 0 spiro atoms. The summed E-state index contributed by atoms with van der Waals surface area (Å²) in [5.74, 6) is -0.819. The lowest BCUT2D eigenvalue weighted by Crippen LogP contribution is -2.38. The Morgan fingerprint density at radius 2 is 1.64 bits per heavy atom. The third kappa shape index (κ3) is 3.46. The van der Waals surface area contributed by atoms with Crippen molar-refractivity contribution in [2.45, 2.75) is 24.0 Å². The number of anilines is 1. The van der Waals surface area contributed by atoms with Gasteiger partial charge >= 0.3 is 0 Å². The normalized spacial score (nSPS) is 23.0. The van der Waals surface area contributed by atoms with Crippen molar-refractivity contribution in [1.29, 1.82) is 0 Å². The van der Waals surface area contributed by atoms with E-state index >= 15 is 0 Å². The molecule has 0 unspecified atom stereocenters. The van der Waals surface area contributed by atoms with Crippen molar-refractivity contribution in [3.05, 3.63) is 111 Å². The summed E-state index contributed by atoms with van der Waals surface area (Å²) < 4.78 is 0. The molecule has 33 heavy (non-hydrogen) atoms. The first-order valence-electron chi connectivity index (χ1n) is 10.9. The molecule has 1 saturated heterocycles. The van der Waals surface area contributed by atoms with Crippen molar-refractivity contribution in [3.63, 3.8) is 0 Å². The first-order chi connectivity index (χ1) is 16.0. The van der Waals surface area contributed by atoms with Gasteiger partial charge in [-0.3, -0.25) is 19.9 Å². The second-order valence-electron chi connectivity index (χ2n) is 8.66. The van der Waals surface area contributed by atoms with Crippen LogP contribution in [-0.4, -0.2) is 48.1 Å². The van der Waals surface area contributed by atoms with Crippen molar-refractivity contribution >= 4 is 17.7 Å². The van der Waals surface area contributed by atoms with Crippen molar-refractivity contribution in [1.82, 2.24) is 5.01 Å². The summed E-state index contributed by atoms with van der Waals surface area (Å²) in [6, 6.07) is 21.8. The van der Waals surface area contributed by atoms with Crippen molar-refractivity contribution in [2.24, 2.45) is 5.10 Å². The van der Waals surface area contributed by atoms with E-state index in [0.717, 1.165) is 22.4 Å². The summed E-state index contributed by atoms with van der Waals surface area (Å²) in [7, 11) is 3.89. The number of carbonyl (C=O) groups excluding carboxylic acids is 1. The second kappa shape index (κ2) is 8.16. The molecule has 0 radical (unpaired) electrons. The molecule has 2 aliphatic heterocycles. The zero-order valence-corrected chi connectivity index (χ0v) is 18.4. The van der Waals surface area contributed by atoms with Crippen molar-refractivity contribution in [3.8, 4) is 0 Å². The van der Waals surface area contributed by atoms with Crippen LogP contribution in [0.5, 0.6) is 0 Å². The van der Waals surface area contributed by atoms with Crippen LogP contribution in [0.2, 0.25) is 0 Å². The van der Waals surface area contributed by atoms with Gasteiger partial charge in [-0.25, -0.2) is 0 Å². The van der Waals surface area contributed by atoms with Gasteiger partial charge in [0.1, 0.15) is 12.1 Å². The molecule has 166 valence electrons. The summed E-state index contributed by atoms with van der Waals surface area (Å²) >= 11 is 0. The second-order valence-corrected chi connectivity index (χ2v) is 8.66. The average molecular weight is 441 g/mol. The van der Waals surface area contributed by atoms with Gasteiger partial charge in [0.25, 0.3) is 0 Å². The minimum absolute atomic E-state index is 0.164. The molecule has 2 heterocycles. The molecule has 3 aromatic carbocycles. The van der Waals surface area contributed by atoms with Crippen LogP contribution in [0.3, 0.4) is 0 Å². The number of carbonyl (C=O) groups is 1. The highest BCUT2D eigenvalue weighted by atomic mass is 16.6. The quantitative estimate of drug-likeness (QED) is 0.339. The Labute approximate surface area is 192 Å². The minimum Gasteiger partial charge on any atom is -0.378 e. The molecule has 0 amide bonds. The number of ketones is 1. The van der Waals surface area contributed by atoms with Gasteiger partial charge in [-0.1, -0.05) is 66.7 Å². The lowest BCUT2D eigenvalue weighted by molar-refractivity contribution is -0.529. The molecular formula is C26H24N4O3. The van der Waals surface area contributed by atoms with Gasteiger partial charge in [-0.2, -0.15) is 5.10 Å². The predicted octanol–water partition coefficient (Wildman–Crippen LogP) is 4.14. The van der Waals surface area contributed by atoms with Crippen molar-refractivity contribution < 1.29 is 9.72 Å². The van der Waals surface area contributed by atoms with Gasteiger partial charge < -0.3 is 4.90 Å². The molecular weight excluding hydrogens is 416 g/mol. The summed E-state index contributed by atoms with van der Waals surface area (Å²) in [6.07, 6.45) is 1.70. The maximum atomic E-state index is 13.8. The van der Waals surface area contributed by atoms with Gasteiger partial charge in [0.05, 0.1) is 12.1 Å². The van der Waals surface area contributed by atoms with E-state index in [1.54, 1.807) is 35.5 Å². The Bertz CT molecular complexity index is 1220. The molecule has 4 atom stereocenters. The highest BCUT2D eigenvalue weighted by molar-refractivity contribution is 6.01. The fraction of sp³-hybridized carbons (Fsp3) is 0.231. The maximum absolute atomic E-state index is 13.8. The van der Waals surface area contributed by atoms with E-state index in [1.807, 2.05) is 73.6 Å². The van der Waals surface area contributed by atoms with Crippen LogP contribution in [0.15, 0.2) is 84.0 Å². The zero-order chi connectivity index (χ0) is 23.1. The molecule has 1 fully saturated rings. The molecule has 0 bridgehead atoms. The lowest BCUT2D eigenvalue weighted by atomic mass is 9.82. The zero-order valence-electron chi connectivity index (χ0n) is 18.4. The van der Waals surface area contributed by atoms with Gasteiger partial charge in [-0.15, -0.1) is 0 Å². The van der Waals surface area contributed by atoms with Gasteiger partial charge in [0, 0.05) is 35.8 Å². The van der Waals surface area contributed by atoms with Crippen LogP contribution < -0.4 is 4.90 Å². The third-order valence-electron chi connectivity index (χ3n) is 6.61. The van der Waals surface area contributed by atoms with Crippen LogP contribution >= 0.6 is 0 Å². The van der Waals surface area contributed by atoms with E-state index in [1.165, 1.54) is 0 Å². The number of nitrogens with zero attached hydrogens (tertiary/aromatic N) is 4. The van der Waals surface area contributed by atoms with Crippen LogP contribution in [0.4, 0.5) is 5.69 Å². The largest absolute Gasteiger partial charge is 0.378 e. The minimum atomic E-state index is -1.02. The van der Waals surface area contributed by atoms with Gasteiger partial charge in [0.15, 0.2) is 5.78 Å². The Kier molecular flexibility index (Phi) is 5.17. The predicted molar refractivity (Wildman–Crippen MR) is 127 cm³/mol. The number of hydrogen-bond acceptors (Lipinski definition) is 6. The first kappa shape index (κ1) is 20.9. The summed E-state index contributed by atoms with van der Waals surface area (Å²) in [6.45, 7) is 0. The molecule has 0 aliphatic carbocycles. The molecule has 7 nitrogen and oxygen atoms in total. The van der Waals surface area contributed by atoms with Crippen LogP contribution in [0.1, 0.15) is 39.0 Å². The highest BCUT2D eigenvalue weighted by Crippen LogP contribution is 2.49. The van der Waals surface area contributed by atoms with Gasteiger partial charge in [0.2, 0.25) is 6.04 Å². The van der Waals surface area contributed by atoms with Crippen LogP contribution in [-0.2, 0) is 0 Å². The number of nitro groups is 1. The Morgan fingerprint density at radius 1 is 0.970 bits per heavy atom. The van der Waals surface area contributed by atoms with E-state index in [-0.39, 0.29) is 10.7 Å². The van der Waals surface area contributed by atoms with E-state index in [0.29, 0.717) is 5.56 Å². The fourth-order valence-corrected chi connectivity index (χ4v) is 5.05. The topological polar surface area (TPSA) is 79.0 Å². The monoisotopic (exact) mass is 440 g/mol. The molecule has 0 saturated carbocycles. The SMILES string of the molecule is CN(C)c1ccc([C@@H]2[C@@H]([N+](=O)[O-])[C@@H]3c4ccccc4C=NN3[C@@H]2C(=O)c2ccccc2)cc1. The van der Waals surface area contributed by atoms with E-state index in [9.17, 15) is 14.9 Å². The smallest absolute Gasteiger partial charge is 0.248 e. The molecule has 3 aromatic rings. The molecule has 5 rings (SSSR count). The number of fused-ring (bicyclic) bond motifs is 3. The molecule has 7 heteroatoms. The number of hydrogen-bond donors (Lipinski definition) is 0. The summed E-state index contributed by atoms with van der Waals surface area (Å²) in [5, 5.41) is 18.8. The van der Waals surface area contributed by atoms with Crippen LogP contribution in [0, 0.1) is 10.1 Å². The maximum Gasteiger partial charge on any atom is 0.248 e. The Balaban J connectivity index is 1.68. The lowest BCUT2D eigenvalue weighted by Gasteiger charge is -2.30. The summed E-state index contributed by atoms with van der Waals surface area (Å²) in [5.41, 5.74) is 3.95. The first-order valence-corrected chi connectivity index (χ1v) is 10.9. The molecule has 0 aromatic heterocycles. The number of hydrazone groups is 1. The van der Waals surface area contributed by atoms with Crippen LogP contribution in [0.25, 0.3) is 0 Å².